The summed E-state index contributed by atoms with van der Waals surface area (Å²) in [6.45, 7) is 3.16. The molecule has 0 fully saturated rings. The fraction of sp³-hybridized carbons (Fsp3) is 0.429. The summed E-state index contributed by atoms with van der Waals surface area (Å²) in [7, 11) is 0. The van der Waals surface area contributed by atoms with E-state index in [1.165, 1.54) is 4.88 Å². The number of thiophene rings is 1. The van der Waals surface area contributed by atoms with Crippen molar-refractivity contribution in [2.45, 2.75) is 32.2 Å². The zero-order chi connectivity index (χ0) is 12.8. The van der Waals surface area contributed by atoms with Crippen LogP contribution < -0.4 is 5.32 Å². The van der Waals surface area contributed by atoms with Crippen molar-refractivity contribution >= 4 is 22.9 Å². The Morgan fingerprint density at radius 3 is 2.89 bits per heavy atom. The highest BCUT2D eigenvalue weighted by molar-refractivity contribution is 7.09. The highest BCUT2D eigenvalue weighted by Crippen LogP contribution is 2.24. The summed E-state index contributed by atoms with van der Waals surface area (Å²) in [5.41, 5.74) is 0. The number of hydrogen-bond acceptors (Lipinski definition) is 3. The van der Waals surface area contributed by atoms with Gasteiger partial charge in [0.2, 0.25) is 0 Å². The number of hydrogen-bond donors (Lipinski definition) is 1. The fourth-order valence-corrected chi connectivity index (χ4v) is 2.80. The van der Waals surface area contributed by atoms with Crippen molar-refractivity contribution in [2.24, 2.45) is 0 Å². The molecule has 0 aliphatic rings. The molecular formula is C14H18ClNOS. The molecule has 0 aliphatic heterocycles. The Hall–Kier alpha value is -0.770. The first-order valence-corrected chi connectivity index (χ1v) is 7.56. The van der Waals surface area contributed by atoms with Gasteiger partial charge in [-0.15, -0.1) is 11.3 Å². The van der Waals surface area contributed by atoms with E-state index in [0.29, 0.717) is 5.22 Å². The van der Waals surface area contributed by atoms with Crippen LogP contribution in [0, 0.1) is 0 Å². The molecule has 0 aliphatic carbocycles. The van der Waals surface area contributed by atoms with Crippen LogP contribution in [-0.4, -0.2) is 6.54 Å². The monoisotopic (exact) mass is 283 g/mol. The maximum Gasteiger partial charge on any atom is 0.193 e. The van der Waals surface area contributed by atoms with Gasteiger partial charge in [0, 0.05) is 4.88 Å². The van der Waals surface area contributed by atoms with Crippen LogP contribution in [0.3, 0.4) is 0 Å². The molecular weight excluding hydrogens is 266 g/mol. The van der Waals surface area contributed by atoms with Gasteiger partial charge in [0.15, 0.2) is 5.22 Å². The van der Waals surface area contributed by atoms with Crippen LogP contribution in [0.25, 0.3) is 0 Å². The van der Waals surface area contributed by atoms with Crippen molar-refractivity contribution in [3.05, 3.63) is 45.5 Å². The average Bonchev–Trinajstić information content (AvgIpc) is 3.01. The maximum atomic E-state index is 5.85. The third-order valence-electron chi connectivity index (χ3n) is 2.84. The van der Waals surface area contributed by atoms with Crippen molar-refractivity contribution in [1.29, 1.82) is 0 Å². The molecule has 2 aromatic heterocycles. The van der Waals surface area contributed by atoms with Crippen molar-refractivity contribution in [1.82, 2.24) is 5.32 Å². The first kappa shape index (κ1) is 13.7. The van der Waals surface area contributed by atoms with Crippen molar-refractivity contribution in [3.63, 3.8) is 0 Å². The van der Waals surface area contributed by atoms with Crippen LogP contribution in [0.2, 0.25) is 5.22 Å². The van der Waals surface area contributed by atoms with Gasteiger partial charge < -0.3 is 9.73 Å². The second-order valence-corrected chi connectivity index (χ2v) is 5.67. The van der Waals surface area contributed by atoms with E-state index < -0.39 is 0 Å². The zero-order valence-corrected chi connectivity index (χ0v) is 12.1. The van der Waals surface area contributed by atoms with Gasteiger partial charge in [0.25, 0.3) is 0 Å². The minimum absolute atomic E-state index is 0.250. The zero-order valence-electron chi connectivity index (χ0n) is 10.5. The van der Waals surface area contributed by atoms with Gasteiger partial charge in [-0.05, 0) is 61.0 Å². The minimum atomic E-state index is 0.250. The quantitative estimate of drug-likeness (QED) is 0.799. The molecule has 0 radical (unpaired) electrons. The number of rotatable bonds is 7. The summed E-state index contributed by atoms with van der Waals surface area (Å²) < 4.78 is 5.52. The Morgan fingerprint density at radius 2 is 2.28 bits per heavy atom. The van der Waals surface area contributed by atoms with Crippen LogP contribution in [0.4, 0.5) is 0 Å². The maximum absolute atomic E-state index is 5.85. The molecule has 1 unspecified atom stereocenters. The van der Waals surface area contributed by atoms with Crippen molar-refractivity contribution in [2.75, 3.05) is 6.54 Å². The summed E-state index contributed by atoms with van der Waals surface area (Å²) >= 11 is 7.65. The van der Waals surface area contributed by atoms with Gasteiger partial charge in [0.05, 0.1) is 6.04 Å². The highest BCUT2D eigenvalue weighted by atomic mass is 35.5. The lowest BCUT2D eigenvalue weighted by Gasteiger charge is -2.15. The summed E-state index contributed by atoms with van der Waals surface area (Å²) in [4.78, 5) is 1.41. The minimum Gasteiger partial charge on any atom is -0.448 e. The molecule has 4 heteroatoms. The van der Waals surface area contributed by atoms with Gasteiger partial charge >= 0.3 is 0 Å². The molecule has 18 heavy (non-hydrogen) atoms. The third-order valence-corrected chi connectivity index (χ3v) is 3.98. The van der Waals surface area contributed by atoms with Crippen LogP contribution in [0.1, 0.15) is 36.4 Å². The number of nitrogens with one attached hydrogen (secondary N) is 1. The smallest absolute Gasteiger partial charge is 0.193 e. The molecule has 0 saturated carbocycles. The molecule has 2 rings (SSSR count). The van der Waals surface area contributed by atoms with Crippen LogP contribution >= 0.6 is 22.9 Å². The Morgan fingerprint density at radius 1 is 1.39 bits per heavy atom. The topological polar surface area (TPSA) is 25.2 Å². The van der Waals surface area contributed by atoms with Crippen LogP contribution in [0.5, 0.6) is 0 Å². The molecule has 2 nitrogen and oxygen atoms in total. The second kappa shape index (κ2) is 6.98. The van der Waals surface area contributed by atoms with E-state index >= 15 is 0 Å². The Labute approximate surface area is 117 Å². The van der Waals surface area contributed by atoms with Crippen LogP contribution in [-0.2, 0) is 6.42 Å². The molecule has 0 aromatic carbocycles. The van der Waals surface area contributed by atoms with Crippen molar-refractivity contribution < 1.29 is 4.42 Å². The Balaban J connectivity index is 1.96. The molecule has 98 valence electrons. The van der Waals surface area contributed by atoms with Crippen molar-refractivity contribution in [3.8, 4) is 0 Å². The predicted octanol–water partition coefficient (Wildman–Crippen LogP) is 4.67. The predicted molar refractivity (Wildman–Crippen MR) is 77.4 cm³/mol. The second-order valence-electron chi connectivity index (χ2n) is 4.27. The third kappa shape index (κ3) is 3.87. The Kier molecular flexibility index (Phi) is 5.29. The highest BCUT2D eigenvalue weighted by Gasteiger charge is 2.14. The lowest BCUT2D eigenvalue weighted by atomic mass is 10.1. The normalized spacial score (nSPS) is 12.8. The average molecular weight is 284 g/mol. The van der Waals surface area contributed by atoms with Gasteiger partial charge in [0.1, 0.15) is 5.76 Å². The van der Waals surface area contributed by atoms with Gasteiger partial charge in [-0.25, -0.2) is 0 Å². The van der Waals surface area contributed by atoms with Gasteiger partial charge in [-0.2, -0.15) is 0 Å². The fourth-order valence-electron chi connectivity index (χ4n) is 1.92. The summed E-state index contributed by atoms with van der Waals surface area (Å²) in [6.07, 6.45) is 3.21. The number of halogens is 1. The molecule has 0 amide bonds. The lowest BCUT2D eigenvalue weighted by Crippen LogP contribution is -2.22. The summed E-state index contributed by atoms with van der Waals surface area (Å²) in [6, 6.07) is 8.29. The molecule has 0 spiro atoms. The van der Waals surface area contributed by atoms with Gasteiger partial charge in [-0.1, -0.05) is 13.0 Å². The standard InChI is InChI=1S/C14H18ClNOS/c1-2-9-16-12(13-7-8-14(15)17-13)6-5-11-4-3-10-18-11/h3-4,7-8,10,12,16H,2,5-6,9H2,1H3. The molecule has 2 heterocycles. The van der Waals surface area contributed by atoms with Gasteiger partial charge in [-0.3, -0.25) is 0 Å². The lowest BCUT2D eigenvalue weighted by molar-refractivity contribution is 0.397. The van der Waals surface area contributed by atoms with E-state index in [0.717, 1.165) is 31.6 Å². The molecule has 2 aromatic rings. The summed E-state index contributed by atoms with van der Waals surface area (Å²) in [5.74, 6) is 0.935. The van der Waals surface area contributed by atoms with E-state index in [1.54, 1.807) is 11.3 Å². The number of furan rings is 1. The summed E-state index contributed by atoms with van der Waals surface area (Å²) in [5, 5.41) is 6.09. The molecule has 1 N–H and O–H groups in total. The largest absolute Gasteiger partial charge is 0.448 e. The van der Waals surface area contributed by atoms with E-state index in [-0.39, 0.29) is 6.04 Å². The van der Waals surface area contributed by atoms with E-state index in [1.807, 2.05) is 12.1 Å². The molecule has 1 atom stereocenters. The van der Waals surface area contributed by atoms with E-state index in [9.17, 15) is 0 Å². The molecule has 0 saturated heterocycles. The van der Waals surface area contributed by atoms with Crippen LogP contribution in [0.15, 0.2) is 34.1 Å². The molecule has 0 bridgehead atoms. The SMILES string of the molecule is CCCNC(CCc1cccs1)c1ccc(Cl)o1. The first-order chi connectivity index (χ1) is 8.79. The number of aryl methyl sites for hydroxylation is 1. The Bertz CT molecular complexity index is 452. The first-order valence-electron chi connectivity index (χ1n) is 6.30. The van der Waals surface area contributed by atoms with E-state index in [2.05, 4.69) is 29.8 Å². The van der Waals surface area contributed by atoms with E-state index in [4.69, 9.17) is 16.0 Å².